The second kappa shape index (κ2) is 3.65. The first-order valence-corrected chi connectivity index (χ1v) is 5.13. The molecule has 0 aliphatic heterocycles. The van der Waals surface area contributed by atoms with Crippen molar-refractivity contribution in [3.8, 4) is 0 Å². The molecule has 1 aromatic carbocycles. The molecule has 0 aromatic heterocycles. The second-order valence-corrected chi connectivity index (χ2v) is 4.33. The van der Waals surface area contributed by atoms with Crippen LogP contribution in [0.4, 0.5) is 4.39 Å². The summed E-state index contributed by atoms with van der Waals surface area (Å²) in [5, 5.41) is 0. The number of nitrogens with two attached hydrogens (primary N) is 1. The zero-order chi connectivity index (χ0) is 10.1. The van der Waals surface area contributed by atoms with Crippen LogP contribution in [0.5, 0.6) is 0 Å². The van der Waals surface area contributed by atoms with E-state index in [1.54, 1.807) is 6.07 Å². The number of halogens is 1. The predicted octanol–water partition coefficient (Wildman–Crippen LogP) is 2.53. The van der Waals surface area contributed by atoms with E-state index >= 15 is 0 Å². The van der Waals surface area contributed by atoms with Crippen LogP contribution in [0.3, 0.4) is 0 Å². The van der Waals surface area contributed by atoms with Crippen LogP contribution >= 0.6 is 12.2 Å². The molecular weight excluding hydrogens is 197 g/mol. The highest BCUT2D eigenvalue weighted by molar-refractivity contribution is 7.80. The molecule has 0 saturated heterocycles. The van der Waals surface area contributed by atoms with Crippen LogP contribution in [0.2, 0.25) is 0 Å². The van der Waals surface area contributed by atoms with Gasteiger partial charge in [-0.2, -0.15) is 0 Å². The summed E-state index contributed by atoms with van der Waals surface area (Å²) >= 11 is 4.80. The van der Waals surface area contributed by atoms with Gasteiger partial charge >= 0.3 is 0 Å². The van der Waals surface area contributed by atoms with Gasteiger partial charge in [-0.05, 0) is 42.0 Å². The maximum Gasteiger partial charge on any atom is 0.123 e. The summed E-state index contributed by atoms with van der Waals surface area (Å²) in [5.74, 6) is 0.386. The molecule has 0 unspecified atom stereocenters. The number of rotatable bonds is 3. The molecule has 1 aliphatic rings. The Morgan fingerprint density at radius 2 is 2.14 bits per heavy atom. The molecule has 0 atom stereocenters. The Morgan fingerprint density at radius 3 is 2.71 bits per heavy atom. The van der Waals surface area contributed by atoms with Gasteiger partial charge in [-0.1, -0.05) is 18.3 Å². The molecule has 1 aromatic rings. The lowest BCUT2D eigenvalue weighted by molar-refractivity contribution is 0.624. The fraction of sp³-hybridized carbons (Fsp3) is 0.364. The van der Waals surface area contributed by atoms with Gasteiger partial charge in [0.15, 0.2) is 0 Å². The summed E-state index contributed by atoms with van der Waals surface area (Å²) < 4.78 is 13.2. The van der Waals surface area contributed by atoms with E-state index in [9.17, 15) is 4.39 Å². The first-order chi connectivity index (χ1) is 6.65. The minimum atomic E-state index is -0.180. The van der Waals surface area contributed by atoms with Crippen molar-refractivity contribution in [2.24, 2.45) is 5.73 Å². The summed E-state index contributed by atoms with van der Waals surface area (Å²) in [4.78, 5) is 0.414. The van der Waals surface area contributed by atoms with Crippen molar-refractivity contribution in [3.05, 3.63) is 35.1 Å². The summed E-state index contributed by atoms with van der Waals surface area (Å²) in [6.07, 6.45) is 2.85. The molecule has 3 heteroatoms. The van der Waals surface area contributed by atoms with Crippen LogP contribution in [-0.2, 0) is 6.42 Å². The Hall–Kier alpha value is -0.960. The van der Waals surface area contributed by atoms with Gasteiger partial charge in [0.05, 0.1) is 4.99 Å². The quantitative estimate of drug-likeness (QED) is 0.774. The van der Waals surface area contributed by atoms with Gasteiger partial charge in [0, 0.05) is 6.42 Å². The van der Waals surface area contributed by atoms with Gasteiger partial charge in [0.25, 0.3) is 0 Å². The zero-order valence-electron chi connectivity index (χ0n) is 7.79. The maximum atomic E-state index is 13.2. The Morgan fingerprint density at radius 1 is 1.43 bits per heavy atom. The minimum Gasteiger partial charge on any atom is -0.393 e. The third-order valence-electron chi connectivity index (χ3n) is 2.41. The van der Waals surface area contributed by atoms with E-state index in [4.69, 9.17) is 18.0 Å². The fourth-order valence-electron chi connectivity index (χ4n) is 1.63. The van der Waals surface area contributed by atoms with Gasteiger partial charge in [0.1, 0.15) is 5.82 Å². The molecule has 1 nitrogen and oxygen atoms in total. The molecule has 0 amide bonds. The first kappa shape index (κ1) is 9.59. The van der Waals surface area contributed by atoms with Gasteiger partial charge in [0.2, 0.25) is 0 Å². The Bertz CT molecular complexity index is 372. The third-order valence-corrected chi connectivity index (χ3v) is 2.55. The number of thiocarbonyl (C=S) groups is 1. The molecule has 0 heterocycles. The van der Waals surface area contributed by atoms with Gasteiger partial charge in [-0.25, -0.2) is 4.39 Å². The van der Waals surface area contributed by atoms with E-state index in [-0.39, 0.29) is 5.82 Å². The summed E-state index contributed by atoms with van der Waals surface area (Å²) in [6.45, 7) is 0. The minimum absolute atomic E-state index is 0.180. The summed E-state index contributed by atoms with van der Waals surface area (Å²) in [6, 6.07) is 5.13. The van der Waals surface area contributed by atoms with Crippen molar-refractivity contribution in [1.82, 2.24) is 0 Å². The van der Waals surface area contributed by atoms with Crippen molar-refractivity contribution in [2.75, 3.05) is 0 Å². The number of hydrogen-bond acceptors (Lipinski definition) is 1. The molecule has 1 saturated carbocycles. The molecule has 0 spiro atoms. The average molecular weight is 209 g/mol. The average Bonchev–Trinajstić information content (AvgIpc) is 2.82. The van der Waals surface area contributed by atoms with Crippen molar-refractivity contribution in [1.29, 1.82) is 0 Å². The van der Waals surface area contributed by atoms with Gasteiger partial charge in [-0.3, -0.25) is 0 Å². The number of hydrogen-bond donors (Lipinski definition) is 1. The van der Waals surface area contributed by atoms with E-state index in [0.29, 0.717) is 17.3 Å². The highest BCUT2D eigenvalue weighted by Gasteiger charge is 2.24. The molecule has 14 heavy (non-hydrogen) atoms. The Balaban J connectivity index is 2.26. The molecule has 1 fully saturated rings. The molecular formula is C11H12FNS. The fourth-order valence-corrected chi connectivity index (χ4v) is 1.80. The Kier molecular flexibility index (Phi) is 2.50. The molecule has 0 bridgehead atoms. The highest BCUT2D eigenvalue weighted by Crippen LogP contribution is 2.40. The van der Waals surface area contributed by atoms with E-state index in [0.717, 1.165) is 11.1 Å². The third kappa shape index (κ3) is 2.29. The molecule has 74 valence electrons. The lowest BCUT2D eigenvalue weighted by Crippen LogP contribution is -2.11. The van der Waals surface area contributed by atoms with Crippen molar-refractivity contribution in [3.63, 3.8) is 0 Å². The topological polar surface area (TPSA) is 26.0 Å². The molecule has 2 rings (SSSR count). The largest absolute Gasteiger partial charge is 0.393 e. The van der Waals surface area contributed by atoms with Crippen molar-refractivity contribution >= 4 is 17.2 Å². The van der Waals surface area contributed by atoms with E-state index < -0.39 is 0 Å². The van der Waals surface area contributed by atoms with Crippen molar-refractivity contribution in [2.45, 2.75) is 25.2 Å². The normalized spacial score (nSPS) is 15.5. The molecule has 0 radical (unpaired) electrons. The van der Waals surface area contributed by atoms with E-state index in [2.05, 4.69) is 0 Å². The van der Waals surface area contributed by atoms with Crippen molar-refractivity contribution < 1.29 is 4.39 Å². The van der Waals surface area contributed by atoms with Crippen LogP contribution in [0.25, 0.3) is 0 Å². The van der Waals surface area contributed by atoms with Crippen LogP contribution < -0.4 is 5.73 Å². The zero-order valence-corrected chi connectivity index (χ0v) is 8.61. The van der Waals surface area contributed by atoms with Crippen LogP contribution in [-0.4, -0.2) is 4.99 Å². The van der Waals surface area contributed by atoms with Crippen LogP contribution in [0.1, 0.15) is 29.9 Å². The summed E-state index contributed by atoms with van der Waals surface area (Å²) in [7, 11) is 0. The summed E-state index contributed by atoms with van der Waals surface area (Å²) in [5.41, 5.74) is 7.41. The predicted molar refractivity (Wildman–Crippen MR) is 58.9 cm³/mol. The molecule has 1 aliphatic carbocycles. The Labute approximate surface area is 88.1 Å². The first-order valence-electron chi connectivity index (χ1n) is 4.73. The van der Waals surface area contributed by atoms with E-state index in [1.807, 2.05) is 6.07 Å². The van der Waals surface area contributed by atoms with Crippen LogP contribution in [0.15, 0.2) is 18.2 Å². The lowest BCUT2D eigenvalue weighted by Gasteiger charge is -2.04. The lowest BCUT2D eigenvalue weighted by atomic mass is 10.0. The highest BCUT2D eigenvalue weighted by atomic mass is 32.1. The van der Waals surface area contributed by atoms with Crippen LogP contribution in [0, 0.1) is 5.82 Å². The molecule has 2 N–H and O–H groups in total. The standard InChI is InChI=1S/C11H12FNS/c12-10-4-7(5-11(13)14)3-9(6-10)8-1-2-8/h3-4,6,8H,1-2,5H2,(H2,13,14). The van der Waals surface area contributed by atoms with Gasteiger partial charge in [-0.15, -0.1) is 0 Å². The maximum absolute atomic E-state index is 13.2. The van der Waals surface area contributed by atoms with Gasteiger partial charge < -0.3 is 5.73 Å². The number of benzene rings is 1. The SMILES string of the molecule is NC(=S)Cc1cc(F)cc(C2CC2)c1. The van der Waals surface area contributed by atoms with E-state index in [1.165, 1.54) is 18.9 Å². The smallest absolute Gasteiger partial charge is 0.123 e. The second-order valence-electron chi connectivity index (χ2n) is 3.81. The monoisotopic (exact) mass is 209 g/mol.